The van der Waals surface area contributed by atoms with Crippen molar-refractivity contribution in [3.63, 3.8) is 0 Å². The largest absolute Gasteiger partial charge is 0.372 e. The highest BCUT2D eigenvalue weighted by Gasteiger charge is 2.21. The standard InChI is InChI=1S/C18H13ClN6OS/c19-12-6-10-8-26-7-9-2-1-3-11(13(9)10)14(12)15-23-16(20)25-18(24-15)27-17-21-4-5-22-17/h1-6H,7-8H2,(H,21,22)(H2,20,23,24,25). The molecule has 0 aliphatic carbocycles. The smallest absolute Gasteiger partial charge is 0.224 e. The van der Waals surface area contributed by atoms with E-state index in [0.29, 0.717) is 34.4 Å². The first-order valence-electron chi connectivity index (χ1n) is 8.19. The van der Waals surface area contributed by atoms with Gasteiger partial charge in [0, 0.05) is 18.0 Å². The van der Waals surface area contributed by atoms with E-state index in [1.807, 2.05) is 18.2 Å². The minimum Gasteiger partial charge on any atom is -0.372 e. The fourth-order valence-electron chi connectivity index (χ4n) is 3.27. The maximum atomic E-state index is 6.62. The number of nitrogens with two attached hydrogens (primary N) is 1. The second kappa shape index (κ2) is 6.49. The van der Waals surface area contributed by atoms with Gasteiger partial charge in [0.15, 0.2) is 11.0 Å². The summed E-state index contributed by atoms with van der Waals surface area (Å²) < 4.78 is 5.65. The quantitative estimate of drug-likeness (QED) is 0.542. The van der Waals surface area contributed by atoms with Crippen LogP contribution in [0.4, 0.5) is 5.95 Å². The summed E-state index contributed by atoms with van der Waals surface area (Å²) in [5.41, 5.74) is 8.88. The average molecular weight is 397 g/mol. The lowest BCUT2D eigenvalue weighted by atomic mass is 9.94. The fraction of sp³-hybridized carbons (Fsp3) is 0.111. The maximum Gasteiger partial charge on any atom is 0.224 e. The molecule has 9 heteroatoms. The van der Waals surface area contributed by atoms with Gasteiger partial charge in [0.25, 0.3) is 0 Å². The third-order valence-electron chi connectivity index (χ3n) is 4.31. The number of benzene rings is 2. The van der Waals surface area contributed by atoms with Crippen molar-refractivity contribution in [3.05, 3.63) is 52.8 Å². The van der Waals surface area contributed by atoms with E-state index in [0.717, 1.165) is 27.5 Å². The summed E-state index contributed by atoms with van der Waals surface area (Å²) in [5, 5.41) is 3.80. The number of imidazole rings is 1. The number of aromatic amines is 1. The second-order valence-corrected chi connectivity index (χ2v) is 7.38. The molecule has 0 unspecified atom stereocenters. The van der Waals surface area contributed by atoms with Gasteiger partial charge in [-0.1, -0.05) is 29.8 Å². The molecule has 1 aliphatic heterocycles. The molecule has 0 bridgehead atoms. The number of nitrogens with one attached hydrogen (secondary N) is 1. The molecule has 0 spiro atoms. The molecule has 7 nitrogen and oxygen atoms in total. The van der Waals surface area contributed by atoms with Gasteiger partial charge in [0.05, 0.1) is 18.2 Å². The van der Waals surface area contributed by atoms with E-state index < -0.39 is 0 Å². The van der Waals surface area contributed by atoms with Crippen LogP contribution in [0.25, 0.3) is 22.2 Å². The zero-order chi connectivity index (χ0) is 18.4. The average Bonchev–Trinajstić information content (AvgIpc) is 3.14. The van der Waals surface area contributed by atoms with Gasteiger partial charge in [-0.05, 0) is 39.7 Å². The van der Waals surface area contributed by atoms with Crippen LogP contribution in [0.3, 0.4) is 0 Å². The van der Waals surface area contributed by atoms with Crippen LogP contribution in [-0.4, -0.2) is 24.9 Å². The molecule has 27 heavy (non-hydrogen) atoms. The molecule has 5 rings (SSSR count). The number of anilines is 1. The van der Waals surface area contributed by atoms with Crippen LogP contribution in [0.15, 0.2) is 47.0 Å². The fourth-order valence-corrected chi connectivity index (χ4v) is 4.27. The van der Waals surface area contributed by atoms with Crippen LogP contribution in [0.5, 0.6) is 0 Å². The van der Waals surface area contributed by atoms with Crippen LogP contribution in [0, 0.1) is 0 Å². The highest BCUT2D eigenvalue weighted by molar-refractivity contribution is 7.99. The van der Waals surface area contributed by atoms with Crippen LogP contribution in [-0.2, 0) is 18.0 Å². The van der Waals surface area contributed by atoms with Crippen molar-refractivity contribution in [2.24, 2.45) is 0 Å². The number of hydrogen-bond acceptors (Lipinski definition) is 7. The number of rotatable bonds is 3. The van der Waals surface area contributed by atoms with Gasteiger partial charge in [-0.25, -0.2) is 9.97 Å². The summed E-state index contributed by atoms with van der Waals surface area (Å²) in [4.78, 5) is 20.3. The Bertz CT molecular complexity index is 1160. The van der Waals surface area contributed by atoms with Crippen molar-refractivity contribution in [2.45, 2.75) is 23.5 Å². The monoisotopic (exact) mass is 396 g/mol. The van der Waals surface area contributed by atoms with Gasteiger partial charge in [-0.2, -0.15) is 9.97 Å². The number of nitrogen functional groups attached to an aromatic ring is 1. The Kier molecular flexibility index (Phi) is 3.96. The molecule has 0 saturated heterocycles. The highest BCUT2D eigenvalue weighted by atomic mass is 35.5. The van der Waals surface area contributed by atoms with Gasteiger partial charge >= 0.3 is 0 Å². The number of H-pyrrole nitrogens is 1. The van der Waals surface area contributed by atoms with Crippen molar-refractivity contribution < 1.29 is 4.74 Å². The molecule has 1 aliphatic rings. The predicted octanol–water partition coefficient (Wildman–Crippen LogP) is 3.83. The Balaban J connectivity index is 1.71. The lowest BCUT2D eigenvalue weighted by molar-refractivity contribution is 0.103. The zero-order valence-electron chi connectivity index (χ0n) is 13.9. The normalized spacial score (nSPS) is 13.2. The molecule has 2 aromatic carbocycles. The molecule has 4 aromatic rings. The number of aromatic nitrogens is 5. The molecule has 0 amide bonds. The van der Waals surface area contributed by atoms with E-state index in [9.17, 15) is 0 Å². The van der Waals surface area contributed by atoms with Gasteiger partial charge in [0.2, 0.25) is 11.1 Å². The number of nitrogens with zero attached hydrogens (tertiary/aromatic N) is 4. The minimum absolute atomic E-state index is 0.133. The van der Waals surface area contributed by atoms with Crippen molar-refractivity contribution in [3.8, 4) is 11.4 Å². The predicted molar refractivity (Wildman–Crippen MR) is 103 cm³/mol. The van der Waals surface area contributed by atoms with Crippen LogP contribution in [0.1, 0.15) is 11.1 Å². The molecular weight excluding hydrogens is 384 g/mol. The van der Waals surface area contributed by atoms with Crippen molar-refractivity contribution in [1.82, 2.24) is 24.9 Å². The summed E-state index contributed by atoms with van der Waals surface area (Å²) in [6, 6.07) is 7.98. The van der Waals surface area contributed by atoms with Crippen LogP contribution in [0.2, 0.25) is 5.02 Å². The Morgan fingerprint density at radius 3 is 2.89 bits per heavy atom. The number of hydrogen-bond donors (Lipinski definition) is 2. The first-order valence-corrected chi connectivity index (χ1v) is 9.38. The highest BCUT2D eigenvalue weighted by Crippen LogP contribution is 2.40. The Morgan fingerprint density at radius 1 is 1.15 bits per heavy atom. The summed E-state index contributed by atoms with van der Waals surface area (Å²) >= 11 is 7.90. The SMILES string of the molecule is Nc1nc(Sc2ncc[nH]2)nc(-c2c(Cl)cc3c4c(cccc24)COC3)n1. The molecule has 3 N–H and O–H groups in total. The van der Waals surface area contributed by atoms with E-state index in [1.54, 1.807) is 12.4 Å². The first-order chi connectivity index (χ1) is 13.2. The van der Waals surface area contributed by atoms with Crippen molar-refractivity contribution >= 4 is 40.1 Å². The van der Waals surface area contributed by atoms with E-state index in [-0.39, 0.29) is 5.95 Å². The van der Waals surface area contributed by atoms with E-state index >= 15 is 0 Å². The third-order valence-corrected chi connectivity index (χ3v) is 5.39. The van der Waals surface area contributed by atoms with E-state index in [1.165, 1.54) is 11.8 Å². The van der Waals surface area contributed by atoms with Gasteiger partial charge in [-0.15, -0.1) is 0 Å². The van der Waals surface area contributed by atoms with E-state index in [4.69, 9.17) is 22.1 Å². The maximum absolute atomic E-state index is 6.62. The van der Waals surface area contributed by atoms with Gasteiger partial charge < -0.3 is 15.5 Å². The van der Waals surface area contributed by atoms with Crippen LogP contribution < -0.4 is 5.73 Å². The Hall–Kier alpha value is -2.68. The number of ether oxygens (including phenoxy) is 1. The molecule has 2 aromatic heterocycles. The topological polar surface area (TPSA) is 103 Å². The summed E-state index contributed by atoms with van der Waals surface area (Å²) in [6.07, 6.45) is 3.40. The molecule has 0 saturated carbocycles. The summed E-state index contributed by atoms with van der Waals surface area (Å²) in [5.74, 6) is 0.575. The minimum atomic E-state index is 0.133. The second-order valence-electron chi connectivity index (χ2n) is 6.02. The van der Waals surface area contributed by atoms with Gasteiger partial charge in [0.1, 0.15) is 0 Å². The summed E-state index contributed by atoms with van der Waals surface area (Å²) in [6.45, 7) is 1.11. The molecule has 134 valence electrons. The molecule has 0 radical (unpaired) electrons. The third kappa shape index (κ3) is 2.91. The lowest BCUT2D eigenvalue weighted by Crippen LogP contribution is -2.06. The Labute approximate surface area is 163 Å². The molecular formula is C18H13ClN6OS. The van der Waals surface area contributed by atoms with Crippen molar-refractivity contribution in [2.75, 3.05) is 5.73 Å². The Morgan fingerprint density at radius 2 is 2.04 bits per heavy atom. The molecule has 0 atom stereocenters. The van der Waals surface area contributed by atoms with Crippen LogP contribution >= 0.6 is 23.4 Å². The number of halogens is 1. The van der Waals surface area contributed by atoms with E-state index in [2.05, 4.69) is 31.0 Å². The molecule has 3 heterocycles. The first kappa shape index (κ1) is 16.5. The summed E-state index contributed by atoms with van der Waals surface area (Å²) in [7, 11) is 0. The van der Waals surface area contributed by atoms with Crippen molar-refractivity contribution in [1.29, 1.82) is 0 Å². The zero-order valence-corrected chi connectivity index (χ0v) is 15.5. The van der Waals surface area contributed by atoms with Gasteiger partial charge in [-0.3, -0.25) is 0 Å². The lowest BCUT2D eigenvalue weighted by Gasteiger charge is -2.20. The molecule has 0 fully saturated rings.